The van der Waals surface area contributed by atoms with Crippen LogP contribution in [0, 0.1) is 0 Å². The van der Waals surface area contributed by atoms with E-state index >= 15 is 0 Å². The lowest BCUT2D eigenvalue weighted by atomic mass is 10.1. The number of nitrogens with one attached hydrogen (secondary N) is 1. The van der Waals surface area contributed by atoms with E-state index in [9.17, 15) is 0 Å². The van der Waals surface area contributed by atoms with Gasteiger partial charge in [0.25, 0.3) is 0 Å². The molecule has 19 heavy (non-hydrogen) atoms. The van der Waals surface area contributed by atoms with Crippen molar-refractivity contribution in [1.29, 1.82) is 0 Å². The normalized spacial score (nSPS) is 11.1. The predicted molar refractivity (Wildman–Crippen MR) is 83.5 cm³/mol. The van der Waals surface area contributed by atoms with Crippen LogP contribution in [-0.4, -0.2) is 12.6 Å². The van der Waals surface area contributed by atoms with Gasteiger partial charge in [0.2, 0.25) is 0 Å². The Morgan fingerprint density at radius 3 is 2.42 bits per heavy atom. The minimum Gasteiger partial charge on any atom is -0.489 e. The quantitative estimate of drug-likeness (QED) is 0.678. The molecule has 108 valence electrons. The zero-order valence-electron chi connectivity index (χ0n) is 11.9. The Bertz CT molecular complexity index is 392. The van der Waals surface area contributed by atoms with Crippen LogP contribution in [0.1, 0.15) is 45.6 Å². The van der Waals surface area contributed by atoms with Crippen molar-refractivity contribution in [3.63, 3.8) is 0 Å². The van der Waals surface area contributed by atoms with E-state index in [0.717, 1.165) is 43.7 Å². The number of rotatable bonds is 8. The highest BCUT2D eigenvalue weighted by molar-refractivity contribution is 6.35. The number of hydrogen-bond acceptors (Lipinski definition) is 2. The monoisotopic (exact) mass is 303 g/mol. The van der Waals surface area contributed by atoms with E-state index in [1.54, 1.807) is 6.07 Å². The molecule has 0 amide bonds. The molecule has 1 aromatic carbocycles. The van der Waals surface area contributed by atoms with Crippen molar-refractivity contribution in [2.24, 2.45) is 0 Å². The fraction of sp³-hybridized carbons (Fsp3) is 0.600. The molecule has 0 atom stereocenters. The Labute approximate surface area is 126 Å². The minimum atomic E-state index is 0.198. The van der Waals surface area contributed by atoms with Crippen LogP contribution in [-0.2, 0) is 6.54 Å². The lowest BCUT2D eigenvalue weighted by Crippen LogP contribution is -2.18. The molecule has 0 spiro atoms. The lowest BCUT2D eigenvalue weighted by molar-refractivity contribution is 0.191. The van der Waals surface area contributed by atoms with Crippen LogP contribution < -0.4 is 10.1 Å². The number of benzene rings is 1. The molecule has 0 saturated heterocycles. The van der Waals surface area contributed by atoms with Crippen molar-refractivity contribution in [2.45, 2.75) is 52.7 Å². The molecule has 2 nitrogen and oxygen atoms in total. The van der Waals surface area contributed by atoms with Crippen molar-refractivity contribution < 1.29 is 4.74 Å². The van der Waals surface area contributed by atoms with E-state index in [0.29, 0.717) is 10.0 Å². The first-order valence-corrected chi connectivity index (χ1v) is 7.73. The summed E-state index contributed by atoms with van der Waals surface area (Å²) in [5, 5.41) is 4.60. The summed E-state index contributed by atoms with van der Waals surface area (Å²) in [5.74, 6) is 0.767. The van der Waals surface area contributed by atoms with Crippen LogP contribution in [0.2, 0.25) is 10.0 Å². The maximum absolute atomic E-state index is 6.27. The highest BCUT2D eigenvalue weighted by Crippen LogP contribution is 2.33. The Morgan fingerprint density at radius 1 is 1.16 bits per heavy atom. The third kappa shape index (κ3) is 5.21. The summed E-state index contributed by atoms with van der Waals surface area (Å²) in [5.41, 5.74) is 1.03. The molecular formula is C15H23Cl2NO. The lowest BCUT2D eigenvalue weighted by Gasteiger charge is -2.20. The molecule has 1 aromatic rings. The van der Waals surface area contributed by atoms with Crippen LogP contribution in [0.4, 0.5) is 0 Å². The molecule has 0 fully saturated rings. The number of ether oxygens (including phenoxy) is 1. The summed E-state index contributed by atoms with van der Waals surface area (Å²) in [4.78, 5) is 0. The van der Waals surface area contributed by atoms with Gasteiger partial charge in [-0.25, -0.2) is 0 Å². The molecule has 0 heterocycles. The third-order valence-corrected chi connectivity index (χ3v) is 3.52. The molecule has 0 aliphatic heterocycles. The molecule has 0 unspecified atom stereocenters. The van der Waals surface area contributed by atoms with Crippen LogP contribution in [0.25, 0.3) is 0 Å². The molecular weight excluding hydrogens is 281 g/mol. The molecule has 1 rings (SSSR count). The first-order chi connectivity index (χ1) is 9.12. The predicted octanol–water partition coefficient (Wildman–Crippen LogP) is 5.06. The van der Waals surface area contributed by atoms with Gasteiger partial charge in [0.15, 0.2) is 0 Å². The highest BCUT2D eigenvalue weighted by Gasteiger charge is 2.14. The van der Waals surface area contributed by atoms with Gasteiger partial charge >= 0.3 is 0 Å². The van der Waals surface area contributed by atoms with Gasteiger partial charge in [0, 0.05) is 17.1 Å². The Hall–Kier alpha value is -0.440. The van der Waals surface area contributed by atoms with Gasteiger partial charge in [-0.05, 0) is 37.9 Å². The molecule has 0 aromatic heterocycles. The molecule has 0 aliphatic rings. The largest absolute Gasteiger partial charge is 0.489 e. The van der Waals surface area contributed by atoms with Crippen LogP contribution in [0.15, 0.2) is 12.1 Å². The molecule has 1 N–H and O–H groups in total. The van der Waals surface area contributed by atoms with Crippen LogP contribution >= 0.6 is 23.2 Å². The summed E-state index contributed by atoms with van der Waals surface area (Å²) in [6.07, 6.45) is 3.23. The second-order valence-electron chi connectivity index (χ2n) is 4.61. The SMILES string of the molecule is CCCNCc1cc(Cl)cc(Cl)c1OC(CC)CC. The van der Waals surface area contributed by atoms with E-state index < -0.39 is 0 Å². The second kappa shape index (κ2) is 8.68. The van der Waals surface area contributed by atoms with Gasteiger partial charge in [-0.3, -0.25) is 0 Å². The van der Waals surface area contributed by atoms with Crippen LogP contribution in [0.5, 0.6) is 5.75 Å². The van der Waals surface area contributed by atoms with Crippen molar-refractivity contribution in [2.75, 3.05) is 6.54 Å². The zero-order chi connectivity index (χ0) is 14.3. The molecule has 0 aliphatic carbocycles. The number of hydrogen-bond donors (Lipinski definition) is 1. The average molecular weight is 304 g/mol. The van der Waals surface area contributed by atoms with E-state index in [4.69, 9.17) is 27.9 Å². The van der Waals surface area contributed by atoms with Gasteiger partial charge in [0.1, 0.15) is 5.75 Å². The Balaban J connectivity index is 2.91. The maximum Gasteiger partial charge on any atom is 0.142 e. The standard InChI is InChI=1S/C15H23Cl2NO/c1-4-7-18-10-11-8-12(16)9-14(17)15(11)19-13(5-2)6-3/h8-9,13,18H,4-7,10H2,1-3H3. The average Bonchev–Trinajstić information content (AvgIpc) is 2.38. The first-order valence-electron chi connectivity index (χ1n) is 6.97. The smallest absolute Gasteiger partial charge is 0.142 e. The van der Waals surface area contributed by atoms with Gasteiger partial charge in [0.05, 0.1) is 11.1 Å². The topological polar surface area (TPSA) is 21.3 Å². The summed E-state index contributed by atoms with van der Waals surface area (Å²) >= 11 is 12.3. The van der Waals surface area contributed by atoms with Crippen LogP contribution in [0.3, 0.4) is 0 Å². The molecule has 0 bridgehead atoms. The zero-order valence-corrected chi connectivity index (χ0v) is 13.4. The fourth-order valence-electron chi connectivity index (χ4n) is 1.90. The summed E-state index contributed by atoms with van der Waals surface area (Å²) < 4.78 is 6.03. The fourth-order valence-corrected chi connectivity index (χ4v) is 2.48. The van der Waals surface area contributed by atoms with E-state index in [1.807, 2.05) is 6.07 Å². The highest BCUT2D eigenvalue weighted by atomic mass is 35.5. The number of halogens is 2. The van der Waals surface area contributed by atoms with Crippen molar-refractivity contribution in [3.05, 3.63) is 27.7 Å². The molecule has 4 heteroatoms. The van der Waals surface area contributed by atoms with Gasteiger partial charge < -0.3 is 10.1 Å². The van der Waals surface area contributed by atoms with Crippen molar-refractivity contribution in [3.8, 4) is 5.75 Å². The van der Waals surface area contributed by atoms with E-state index in [1.165, 1.54) is 0 Å². The van der Waals surface area contributed by atoms with Crippen molar-refractivity contribution in [1.82, 2.24) is 5.32 Å². The van der Waals surface area contributed by atoms with E-state index in [-0.39, 0.29) is 6.10 Å². The Kier molecular flexibility index (Phi) is 7.59. The van der Waals surface area contributed by atoms with Gasteiger partial charge in [-0.1, -0.05) is 44.0 Å². The third-order valence-electron chi connectivity index (χ3n) is 3.02. The summed E-state index contributed by atoms with van der Waals surface area (Å²) in [6.45, 7) is 8.07. The second-order valence-corrected chi connectivity index (χ2v) is 5.45. The van der Waals surface area contributed by atoms with Gasteiger partial charge in [-0.15, -0.1) is 0 Å². The maximum atomic E-state index is 6.27. The van der Waals surface area contributed by atoms with E-state index in [2.05, 4.69) is 26.1 Å². The summed E-state index contributed by atoms with van der Waals surface area (Å²) in [7, 11) is 0. The molecule has 0 radical (unpaired) electrons. The minimum absolute atomic E-state index is 0.198. The molecule has 0 saturated carbocycles. The summed E-state index contributed by atoms with van der Waals surface area (Å²) in [6, 6.07) is 3.66. The Morgan fingerprint density at radius 2 is 1.84 bits per heavy atom. The van der Waals surface area contributed by atoms with Crippen molar-refractivity contribution >= 4 is 23.2 Å². The van der Waals surface area contributed by atoms with Gasteiger partial charge in [-0.2, -0.15) is 0 Å². The first kappa shape index (κ1) is 16.6.